The first-order chi connectivity index (χ1) is 11.1. The monoisotopic (exact) mass is 309 g/mol. The Morgan fingerprint density at radius 2 is 1.96 bits per heavy atom. The molecule has 1 aliphatic heterocycles. The molecule has 0 radical (unpaired) electrons. The number of hydrogen-bond acceptors (Lipinski definition) is 2. The predicted octanol–water partition coefficient (Wildman–Crippen LogP) is 3.49. The van der Waals surface area contributed by atoms with E-state index in [1.54, 1.807) is 0 Å². The summed E-state index contributed by atoms with van der Waals surface area (Å²) in [5, 5.41) is 0. The SMILES string of the molecule is CN(C)CC/C=C1\c2cc(N(C)C)ccc2CCn2cccc21. The van der Waals surface area contributed by atoms with E-state index in [1.807, 2.05) is 0 Å². The van der Waals surface area contributed by atoms with Crippen molar-refractivity contribution < 1.29 is 0 Å². The molecule has 1 aromatic heterocycles. The van der Waals surface area contributed by atoms with Gasteiger partial charge < -0.3 is 14.4 Å². The smallest absolute Gasteiger partial charge is 0.0483 e. The molecule has 23 heavy (non-hydrogen) atoms. The second-order valence-corrected chi connectivity index (χ2v) is 6.78. The molecule has 0 atom stereocenters. The maximum Gasteiger partial charge on any atom is 0.0483 e. The molecule has 122 valence electrons. The fourth-order valence-corrected chi connectivity index (χ4v) is 3.23. The average Bonchev–Trinajstić information content (AvgIpc) is 2.92. The largest absolute Gasteiger partial charge is 0.378 e. The molecule has 1 aromatic carbocycles. The van der Waals surface area contributed by atoms with Crippen LogP contribution in [0.25, 0.3) is 5.57 Å². The fourth-order valence-electron chi connectivity index (χ4n) is 3.23. The van der Waals surface area contributed by atoms with Gasteiger partial charge >= 0.3 is 0 Å². The van der Waals surface area contributed by atoms with Crippen molar-refractivity contribution in [1.29, 1.82) is 0 Å². The quantitative estimate of drug-likeness (QED) is 0.856. The van der Waals surface area contributed by atoms with E-state index in [2.05, 4.69) is 85.2 Å². The van der Waals surface area contributed by atoms with E-state index in [0.717, 1.165) is 25.9 Å². The molecule has 2 heterocycles. The van der Waals surface area contributed by atoms with Crippen molar-refractivity contribution in [1.82, 2.24) is 9.47 Å². The summed E-state index contributed by atoms with van der Waals surface area (Å²) in [4.78, 5) is 4.42. The van der Waals surface area contributed by atoms with E-state index < -0.39 is 0 Å². The maximum absolute atomic E-state index is 2.41. The van der Waals surface area contributed by atoms with E-state index in [9.17, 15) is 0 Å². The van der Waals surface area contributed by atoms with Crippen LogP contribution in [0.5, 0.6) is 0 Å². The molecule has 0 N–H and O–H groups in total. The lowest BCUT2D eigenvalue weighted by Gasteiger charge is -2.17. The lowest BCUT2D eigenvalue weighted by molar-refractivity contribution is 0.417. The Kier molecular flexibility index (Phi) is 4.58. The number of anilines is 1. The van der Waals surface area contributed by atoms with Crippen LogP contribution in [0.15, 0.2) is 42.6 Å². The Morgan fingerprint density at radius 3 is 2.70 bits per heavy atom. The van der Waals surface area contributed by atoms with Crippen molar-refractivity contribution in [2.75, 3.05) is 39.6 Å². The van der Waals surface area contributed by atoms with Crippen molar-refractivity contribution in [3.8, 4) is 0 Å². The molecule has 3 heteroatoms. The third-order valence-corrected chi connectivity index (χ3v) is 4.55. The van der Waals surface area contributed by atoms with Gasteiger partial charge in [0.1, 0.15) is 0 Å². The van der Waals surface area contributed by atoms with Gasteiger partial charge in [0.2, 0.25) is 0 Å². The third-order valence-electron chi connectivity index (χ3n) is 4.55. The molecule has 0 aliphatic carbocycles. The molecule has 0 saturated heterocycles. The molecule has 2 aromatic rings. The van der Waals surface area contributed by atoms with Gasteiger partial charge in [-0.3, -0.25) is 0 Å². The van der Waals surface area contributed by atoms with Crippen LogP contribution in [0.3, 0.4) is 0 Å². The summed E-state index contributed by atoms with van der Waals surface area (Å²) in [6.45, 7) is 2.13. The van der Waals surface area contributed by atoms with Crippen LogP contribution >= 0.6 is 0 Å². The number of rotatable bonds is 4. The summed E-state index contributed by atoms with van der Waals surface area (Å²) in [6.07, 6.45) is 6.78. The maximum atomic E-state index is 2.41. The van der Waals surface area contributed by atoms with Crippen molar-refractivity contribution in [3.05, 3.63) is 59.4 Å². The normalized spacial score (nSPS) is 15.4. The Balaban J connectivity index is 2.07. The van der Waals surface area contributed by atoms with Gasteiger partial charge in [0.05, 0.1) is 0 Å². The highest BCUT2D eigenvalue weighted by molar-refractivity contribution is 5.82. The molecule has 0 spiro atoms. The van der Waals surface area contributed by atoms with Crippen LogP contribution in [0.1, 0.15) is 23.2 Å². The zero-order valence-electron chi connectivity index (χ0n) is 14.7. The Bertz CT molecular complexity index is 707. The predicted molar refractivity (Wildman–Crippen MR) is 99.2 cm³/mol. The van der Waals surface area contributed by atoms with Crippen molar-refractivity contribution in [2.24, 2.45) is 0 Å². The zero-order valence-corrected chi connectivity index (χ0v) is 14.7. The van der Waals surface area contributed by atoms with E-state index in [0.29, 0.717) is 0 Å². The van der Waals surface area contributed by atoms with Crippen LogP contribution in [-0.2, 0) is 13.0 Å². The first-order valence-corrected chi connectivity index (χ1v) is 8.37. The van der Waals surface area contributed by atoms with Crippen LogP contribution in [-0.4, -0.2) is 44.2 Å². The summed E-state index contributed by atoms with van der Waals surface area (Å²) in [6, 6.07) is 11.3. The van der Waals surface area contributed by atoms with E-state index in [-0.39, 0.29) is 0 Å². The topological polar surface area (TPSA) is 11.4 Å². The van der Waals surface area contributed by atoms with Gasteiger partial charge in [0, 0.05) is 50.3 Å². The molecular formula is C20H27N3. The van der Waals surface area contributed by atoms with Gasteiger partial charge in [-0.15, -0.1) is 0 Å². The van der Waals surface area contributed by atoms with Gasteiger partial charge in [-0.25, -0.2) is 0 Å². The number of hydrogen-bond donors (Lipinski definition) is 0. The first-order valence-electron chi connectivity index (χ1n) is 8.37. The minimum Gasteiger partial charge on any atom is -0.378 e. The van der Waals surface area contributed by atoms with Crippen LogP contribution in [0, 0.1) is 0 Å². The van der Waals surface area contributed by atoms with Crippen molar-refractivity contribution >= 4 is 11.3 Å². The fraction of sp³-hybridized carbons (Fsp3) is 0.400. The van der Waals surface area contributed by atoms with Gasteiger partial charge in [0.15, 0.2) is 0 Å². The van der Waals surface area contributed by atoms with Crippen LogP contribution in [0.2, 0.25) is 0 Å². The number of nitrogens with zero attached hydrogens (tertiary/aromatic N) is 3. The molecule has 3 rings (SSSR count). The second-order valence-electron chi connectivity index (χ2n) is 6.78. The first kappa shape index (κ1) is 15.9. The standard InChI is InChI=1S/C20H27N3/c1-21(2)12-5-7-18-19-15-17(22(3)4)10-9-16(19)11-14-23-13-6-8-20(18)23/h6-10,13,15H,5,11-12,14H2,1-4H3/b18-7+. The summed E-state index contributed by atoms with van der Waals surface area (Å²) >= 11 is 0. The summed E-state index contributed by atoms with van der Waals surface area (Å²) in [5.41, 5.74) is 6.84. The second kappa shape index (κ2) is 6.63. The van der Waals surface area contributed by atoms with E-state index in [1.165, 1.54) is 28.1 Å². The molecule has 0 amide bonds. The zero-order chi connectivity index (χ0) is 16.4. The van der Waals surface area contributed by atoms with Gasteiger partial charge in [-0.05, 0) is 62.3 Å². The van der Waals surface area contributed by atoms with Crippen molar-refractivity contribution in [3.63, 3.8) is 0 Å². The number of fused-ring (bicyclic) bond motifs is 2. The Hall–Kier alpha value is -2.00. The van der Waals surface area contributed by atoms with Gasteiger partial charge in [0.25, 0.3) is 0 Å². The van der Waals surface area contributed by atoms with E-state index in [4.69, 9.17) is 0 Å². The summed E-state index contributed by atoms with van der Waals surface area (Å²) in [5.74, 6) is 0. The molecule has 0 bridgehead atoms. The number of aryl methyl sites for hydroxylation is 2. The molecular weight excluding hydrogens is 282 g/mol. The molecule has 0 saturated carbocycles. The summed E-state index contributed by atoms with van der Waals surface area (Å²) in [7, 11) is 8.48. The highest BCUT2D eigenvalue weighted by Gasteiger charge is 2.18. The lowest BCUT2D eigenvalue weighted by atomic mass is 9.95. The van der Waals surface area contributed by atoms with Crippen LogP contribution in [0.4, 0.5) is 5.69 Å². The van der Waals surface area contributed by atoms with Crippen LogP contribution < -0.4 is 4.90 Å². The summed E-state index contributed by atoms with van der Waals surface area (Å²) < 4.78 is 2.39. The number of aromatic nitrogens is 1. The van der Waals surface area contributed by atoms with E-state index >= 15 is 0 Å². The van der Waals surface area contributed by atoms with Gasteiger partial charge in [-0.1, -0.05) is 12.1 Å². The minimum atomic E-state index is 1.06. The van der Waals surface area contributed by atoms with Gasteiger partial charge in [-0.2, -0.15) is 0 Å². The molecule has 1 aliphatic rings. The average molecular weight is 309 g/mol. The number of benzene rings is 1. The highest BCUT2D eigenvalue weighted by atomic mass is 15.1. The minimum absolute atomic E-state index is 1.06. The third kappa shape index (κ3) is 3.35. The lowest BCUT2D eigenvalue weighted by Crippen LogP contribution is -2.12. The highest BCUT2D eigenvalue weighted by Crippen LogP contribution is 2.33. The Morgan fingerprint density at radius 1 is 1.13 bits per heavy atom. The molecule has 0 unspecified atom stereocenters. The molecule has 3 nitrogen and oxygen atoms in total. The Labute approximate surface area is 139 Å². The van der Waals surface area contributed by atoms with Crippen molar-refractivity contribution in [2.45, 2.75) is 19.4 Å². The molecule has 0 fully saturated rings.